The number of furan rings is 1. The van der Waals surface area contributed by atoms with Crippen molar-refractivity contribution in [2.24, 2.45) is 0 Å². The van der Waals surface area contributed by atoms with Crippen molar-refractivity contribution >= 4 is 0 Å². The number of likely N-dealkylation sites (N-methyl/N-ethyl adjacent to an activating group) is 1. The summed E-state index contributed by atoms with van der Waals surface area (Å²) in [6.45, 7) is 11.4. The van der Waals surface area contributed by atoms with Gasteiger partial charge in [0.05, 0.1) is 12.1 Å². The van der Waals surface area contributed by atoms with Crippen LogP contribution in [0.2, 0.25) is 0 Å². The van der Waals surface area contributed by atoms with Gasteiger partial charge in [0.2, 0.25) is 0 Å². The number of nitrogens with one attached hydrogen (secondary N) is 1. The lowest BCUT2D eigenvalue weighted by Gasteiger charge is -2.23. The van der Waals surface area contributed by atoms with Crippen LogP contribution in [0.3, 0.4) is 0 Å². The van der Waals surface area contributed by atoms with Crippen molar-refractivity contribution in [3.8, 4) is 0 Å². The van der Waals surface area contributed by atoms with E-state index in [0.29, 0.717) is 13.1 Å². The van der Waals surface area contributed by atoms with Gasteiger partial charge >= 0.3 is 0 Å². The molecule has 0 aliphatic carbocycles. The van der Waals surface area contributed by atoms with Crippen molar-refractivity contribution in [2.45, 2.75) is 39.8 Å². The van der Waals surface area contributed by atoms with Crippen LogP contribution >= 0.6 is 0 Å². The summed E-state index contributed by atoms with van der Waals surface area (Å²) in [6, 6.07) is 4.06. The topological polar surface area (TPSA) is 48.6 Å². The van der Waals surface area contributed by atoms with E-state index < -0.39 is 0 Å². The van der Waals surface area contributed by atoms with Gasteiger partial charge in [-0.05, 0) is 39.1 Å². The number of aliphatic hydroxyl groups is 1. The van der Waals surface area contributed by atoms with Gasteiger partial charge in [-0.3, -0.25) is 0 Å². The Bertz CT molecular complexity index is 334. The van der Waals surface area contributed by atoms with Crippen LogP contribution in [0.4, 0.5) is 0 Å². The molecule has 0 saturated carbocycles. The third-order valence-corrected chi connectivity index (χ3v) is 3.21. The summed E-state index contributed by atoms with van der Waals surface area (Å²) in [6.07, 6.45) is -0.344. The second kappa shape index (κ2) is 7.56. The fourth-order valence-corrected chi connectivity index (χ4v) is 1.94. The molecule has 18 heavy (non-hydrogen) atoms. The third kappa shape index (κ3) is 4.80. The molecule has 2 N–H and O–H groups in total. The van der Waals surface area contributed by atoms with E-state index >= 15 is 0 Å². The van der Waals surface area contributed by atoms with Crippen LogP contribution in [-0.2, 0) is 0 Å². The standard InChI is InChI=1S/C14H26N2O2/c1-5-16(6-2)10-13(17)9-15-12(4)14-8-7-11(3)18-14/h7-8,12-13,15,17H,5-6,9-10H2,1-4H3. The van der Waals surface area contributed by atoms with Crippen molar-refractivity contribution < 1.29 is 9.52 Å². The molecule has 1 heterocycles. The van der Waals surface area contributed by atoms with Gasteiger partial charge < -0.3 is 19.7 Å². The first-order valence-electron chi connectivity index (χ1n) is 6.76. The number of hydrogen-bond donors (Lipinski definition) is 2. The van der Waals surface area contributed by atoms with Crippen molar-refractivity contribution in [3.63, 3.8) is 0 Å². The molecule has 1 rings (SSSR count). The fraction of sp³-hybridized carbons (Fsp3) is 0.714. The largest absolute Gasteiger partial charge is 0.465 e. The summed E-state index contributed by atoms with van der Waals surface area (Å²) in [5.41, 5.74) is 0. The Morgan fingerprint density at radius 3 is 2.50 bits per heavy atom. The molecule has 0 aromatic carbocycles. The first-order chi connectivity index (χ1) is 8.56. The predicted octanol–water partition coefficient (Wildman–Crippen LogP) is 1.94. The highest BCUT2D eigenvalue weighted by molar-refractivity contribution is 5.08. The van der Waals surface area contributed by atoms with Gasteiger partial charge in [-0.1, -0.05) is 13.8 Å². The fourth-order valence-electron chi connectivity index (χ4n) is 1.94. The van der Waals surface area contributed by atoms with E-state index in [2.05, 4.69) is 24.1 Å². The van der Waals surface area contributed by atoms with Crippen LogP contribution in [0.15, 0.2) is 16.5 Å². The Labute approximate surface area is 110 Å². The van der Waals surface area contributed by atoms with E-state index in [-0.39, 0.29) is 12.1 Å². The van der Waals surface area contributed by atoms with Gasteiger partial charge in [-0.15, -0.1) is 0 Å². The lowest BCUT2D eigenvalue weighted by atomic mass is 10.2. The van der Waals surface area contributed by atoms with Crippen LogP contribution in [-0.4, -0.2) is 42.3 Å². The van der Waals surface area contributed by atoms with Crippen LogP contribution in [0.5, 0.6) is 0 Å². The predicted molar refractivity (Wildman–Crippen MR) is 73.7 cm³/mol. The van der Waals surface area contributed by atoms with Gasteiger partial charge in [0, 0.05) is 13.1 Å². The van der Waals surface area contributed by atoms with Gasteiger partial charge in [0.15, 0.2) is 0 Å². The molecular weight excluding hydrogens is 228 g/mol. The highest BCUT2D eigenvalue weighted by Gasteiger charge is 2.13. The number of aryl methyl sites for hydroxylation is 1. The van der Waals surface area contributed by atoms with Gasteiger partial charge in [0.25, 0.3) is 0 Å². The van der Waals surface area contributed by atoms with E-state index in [1.165, 1.54) is 0 Å². The molecule has 0 bridgehead atoms. The number of nitrogens with zero attached hydrogens (tertiary/aromatic N) is 1. The molecule has 4 heteroatoms. The molecule has 0 aliphatic heterocycles. The molecule has 1 aromatic heterocycles. The van der Waals surface area contributed by atoms with Crippen LogP contribution in [0.1, 0.15) is 38.3 Å². The van der Waals surface area contributed by atoms with E-state index in [9.17, 15) is 5.11 Å². The van der Waals surface area contributed by atoms with E-state index in [4.69, 9.17) is 4.42 Å². The highest BCUT2D eigenvalue weighted by Crippen LogP contribution is 2.15. The third-order valence-electron chi connectivity index (χ3n) is 3.21. The molecule has 2 atom stereocenters. The summed E-state index contributed by atoms with van der Waals surface area (Å²) in [5, 5.41) is 13.2. The van der Waals surface area contributed by atoms with Crippen LogP contribution in [0.25, 0.3) is 0 Å². The number of hydrogen-bond acceptors (Lipinski definition) is 4. The zero-order valence-corrected chi connectivity index (χ0v) is 11.9. The molecular formula is C14H26N2O2. The maximum atomic E-state index is 9.95. The zero-order valence-electron chi connectivity index (χ0n) is 11.9. The zero-order chi connectivity index (χ0) is 13.5. The Hall–Kier alpha value is -0.840. The first-order valence-corrected chi connectivity index (χ1v) is 6.76. The Balaban J connectivity index is 2.31. The monoisotopic (exact) mass is 254 g/mol. The van der Waals surface area contributed by atoms with Gasteiger partial charge in [0.1, 0.15) is 11.5 Å². The van der Waals surface area contributed by atoms with Crippen molar-refractivity contribution in [1.82, 2.24) is 10.2 Å². The summed E-state index contributed by atoms with van der Waals surface area (Å²) in [4.78, 5) is 2.22. The van der Waals surface area contributed by atoms with Crippen molar-refractivity contribution in [3.05, 3.63) is 23.7 Å². The van der Waals surface area contributed by atoms with Crippen LogP contribution < -0.4 is 5.32 Å². The number of rotatable bonds is 8. The molecule has 104 valence electrons. The van der Waals surface area contributed by atoms with Crippen LogP contribution in [0, 0.1) is 6.92 Å². The second-order valence-electron chi connectivity index (χ2n) is 4.72. The first kappa shape index (κ1) is 15.2. The molecule has 0 amide bonds. The summed E-state index contributed by atoms with van der Waals surface area (Å²) < 4.78 is 5.55. The van der Waals surface area contributed by atoms with Crippen molar-refractivity contribution in [2.75, 3.05) is 26.2 Å². The molecule has 1 aromatic rings. The summed E-state index contributed by atoms with van der Waals surface area (Å²) >= 11 is 0. The highest BCUT2D eigenvalue weighted by atomic mass is 16.3. The summed E-state index contributed by atoms with van der Waals surface area (Å²) in [7, 11) is 0. The minimum absolute atomic E-state index is 0.130. The normalized spacial score (nSPS) is 15.0. The molecule has 0 spiro atoms. The lowest BCUT2D eigenvalue weighted by Crippen LogP contribution is -2.38. The van der Waals surface area contributed by atoms with Gasteiger partial charge in [-0.2, -0.15) is 0 Å². The molecule has 0 saturated heterocycles. The van der Waals surface area contributed by atoms with E-state index in [0.717, 1.165) is 24.6 Å². The average molecular weight is 254 g/mol. The minimum Gasteiger partial charge on any atom is -0.465 e. The molecule has 2 unspecified atom stereocenters. The van der Waals surface area contributed by atoms with E-state index in [1.807, 2.05) is 26.0 Å². The average Bonchev–Trinajstić information content (AvgIpc) is 2.79. The maximum absolute atomic E-state index is 9.95. The quantitative estimate of drug-likeness (QED) is 0.744. The second-order valence-corrected chi connectivity index (χ2v) is 4.72. The molecule has 0 radical (unpaired) electrons. The minimum atomic E-state index is -0.344. The van der Waals surface area contributed by atoms with Crippen molar-refractivity contribution in [1.29, 1.82) is 0 Å². The Kier molecular flexibility index (Phi) is 6.39. The number of aliphatic hydroxyl groups excluding tert-OH is 1. The SMILES string of the molecule is CCN(CC)CC(O)CNC(C)c1ccc(C)o1. The Morgan fingerprint density at radius 2 is 2.00 bits per heavy atom. The smallest absolute Gasteiger partial charge is 0.120 e. The molecule has 4 nitrogen and oxygen atoms in total. The van der Waals surface area contributed by atoms with E-state index in [1.54, 1.807) is 0 Å². The molecule has 0 aliphatic rings. The molecule has 0 fully saturated rings. The Morgan fingerprint density at radius 1 is 1.33 bits per heavy atom. The maximum Gasteiger partial charge on any atom is 0.120 e. The van der Waals surface area contributed by atoms with Gasteiger partial charge in [-0.25, -0.2) is 0 Å². The lowest BCUT2D eigenvalue weighted by molar-refractivity contribution is 0.113. The summed E-state index contributed by atoms with van der Waals surface area (Å²) in [5.74, 6) is 1.84.